The Kier molecular flexibility index (Phi) is 3.84. The van der Waals surface area contributed by atoms with Crippen LogP contribution < -0.4 is 0 Å². The molecule has 0 saturated heterocycles. The van der Waals surface area contributed by atoms with Gasteiger partial charge in [0.05, 0.1) is 10.0 Å². The zero-order valence-electron chi connectivity index (χ0n) is 7.28. The van der Waals surface area contributed by atoms with Crippen molar-refractivity contribution in [3.8, 4) is 0 Å². The number of nitro groups is 1. The second kappa shape index (κ2) is 4.74. The number of halogens is 3. The number of rotatable bonds is 3. The van der Waals surface area contributed by atoms with Crippen molar-refractivity contribution in [2.45, 2.75) is 6.10 Å². The zero-order chi connectivity index (χ0) is 11.6. The van der Waals surface area contributed by atoms with Crippen LogP contribution in [0.2, 0.25) is 10.0 Å². The molecule has 0 saturated carbocycles. The van der Waals surface area contributed by atoms with Crippen molar-refractivity contribution in [1.29, 1.82) is 0 Å². The van der Waals surface area contributed by atoms with E-state index in [4.69, 9.17) is 23.2 Å². The molecule has 1 aromatic rings. The predicted octanol–water partition coefficient (Wildman–Crippen LogP) is 2.44. The third kappa shape index (κ3) is 3.02. The lowest BCUT2D eigenvalue weighted by molar-refractivity contribution is -0.491. The maximum absolute atomic E-state index is 12.7. The summed E-state index contributed by atoms with van der Waals surface area (Å²) in [6.45, 7) is -0.731. The molecule has 0 heterocycles. The van der Waals surface area contributed by atoms with Gasteiger partial charge in [0.25, 0.3) is 0 Å². The number of aliphatic hydroxyl groups excluding tert-OH is 1. The molecule has 0 aromatic heterocycles. The van der Waals surface area contributed by atoms with E-state index >= 15 is 0 Å². The van der Waals surface area contributed by atoms with Crippen molar-refractivity contribution in [2.24, 2.45) is 0 Å². The minimum absolute atomic E-state index is 0.0311. The van der Waals surface area contributed by atoms with Crippen LogP contribution in [0.25, 0.3) is 0 Å². The first-order valence-corrected chi connectivity index (χ1v) is 4.61. The lowest BCUT2D eigenvalue weighted by Gasteiger charge is -2.10. The second-order valence-electron chi connectivity index (χ2n) is 2.81. The number of nitrogens with zero attached hydrogens (tertiary/aromatic N) is 1. The summed E-state index contributed by atoms with van der Waals surface area (Å²) in [7, 11) is 0. The summed E-state index contributed by atoms with van der Waals surface area (Å²) in [6.07, 6.45) is -1.44. The Bertz CT molecular complexity index is 376. The van der Waals surface area contributed by atoms with Crippen LogP contribution in [-0.4, -0.2) is 16.6 Å². The van der Waals surface area contributed by atoms with Gasteiger partial charge in [-0.1, -0.05) is 23.2 Å². The van der Waals surface area contributed by atoms with Crippen LogP contribution in [0.5, 0.6) is 0 Å². The molecule has 4 nitrogen and oxygen atoms in total. The minimum atomic E-state index is -1.44. The fraction of sp³-hybridized carbons (Fsp3) is 0.250. The Balaban J connectivity index is 3.08. The van der Waals surface area contributed by atoms with E-state index in [2.05, 4.69) is 0 Å². The van der Waals surface area contributed by atoms with Crippen LogP contribution in [0.1, 0.15) is 11.7 Å². The number of hydrogen-bond donors (Lipinski definition) is 1. The summed E-state index contributed by atoms with van der Waals surface area (Å²) in [5.41, 5.74) is -0.0311. The highest BCUT2D eigenvalue weighted by Crippen LogP contribution is 2.31. The first-order valence-electron chi connectivity index (χ1n) is 3.86. The maximum Gasteiger partial charge on any atom is 0.233 e. The van der Waals surface area contributed by atoms with Crippen LogP contribution in [0.4, 0.5) is 4.39 Å². The lowest BCUT2D eigenvalue weighted by Crippen LogP contribution is -2.12. The molecular formula is C8H6Cl2FNO3. The SMILES string of the molecule is O=[N+]([O-])C[C@H](O)c1c(Cl)cc(F)cc1Cl. The monoisotopic (exact) mass is 253 g/mol. The normalized spacial score (nSPS) is 12.5. The summed E-state index contributed by atoms with van der Waals surface area (Å²) < 4.78 is 12.7. The van der Waals surface area contributed by atoms with Crippen molar-refractivity contribution >= 4 is 23.2 Å². The van der Waals surface area contributed by atoms with Crippen LogP contribution in [0.15, 0.2) is 12.1 Å². The summed E-state index contributed by atoms with van der Waals surface area (Å²) in [5.74, 6) is -0.665. The van der Waals surface area contributed by atoms with Crippen LogP contribution in [0, 0.1) is 15.9 Å². The second-order valence-corrected chi connectivity index (χ2v) is 3.63. The van der Waals surface area contributed by atoms with E-state index < -0.39 is 23.4 Å². The molecule has 1 atom stereocenters. The van der Waals surface area contributed by atoms with Gasteiger partial charge in [-0.2, -0.15) is 0 Å². The van der Waals surface area contributed by atoms with E-state index in [9.17, 15) is 19.6 Å². The number of benzene rings is 1. The molecule has 15 heavy (non-hydrogen) atoms. The Morgan fingerprint density at radius 2 is 1.93 bits per heavy atom. The molecule has 7 heteroatoms. The molecule has 82 valence electrons. The van der Waals surface area contributed by atoms with Crippen molar-refractivity contribution in [3.05, 3.63) is 43.7 Å². The van der Waals surface area contributed by atoms with Gasteiger partial charge >= 0.3 is 0 Å². The quantitative estimate of drug-likeness (QED) is 0.665. The molecule has 0 aliphatic rings. The molecule has 1 rings (SSSR count). The van der Waals surface area contributed by atoms with Gasteiger partial charge < -0.3 is 5.11 Å². The largest absolute Gasteiger partial charge is 0.381 e. The van der Waals surface area contributed by atoms with Gasteiger partial charge in [-0.05, 0) is 12.1 Å². The van der Waals surface area contributed by atoms with E-state index in [1.165, 1.54) is 0 Å². The highest BCUT2D eigenvalue weighted by molar-refractivity contribution is 6.36. The number of hydrogen-bond acceptors (Lipinski definition) is 3. The molecule has 0 aliphatic carbocycles. The minimum Gasteiger partial charge on any atom is -0.381 e. The van der Waals surface area contributed by atoms with Crippen LogP contribution in [-0.2, 0) is 0 Å². The van der Waals surface area contributed by atoms with Gasteiger partial charge in [0.15, 0.2) is 0 Å². The van der Waals surface area contributed by atoms with E-state index in [0.29, 0.717) is 0 Å². The van der Waals surface area contributed by atoms with Crippen LogP contribution >= 0.6 is 23.2 Å². The Hall–Kier alpha value is -0.910. The van der Waals surface area contributed by atoms with E-state index in [-0.39, 0.29) is 15.6 Å². The smallest absolute Gasteiger partial charge is 0.233 e. The molecule has 0 spiro atoms. The predicted molar refractivity (Wildman–Crippen MR) is 53.2 cm³/mol. The topological polar surface area (TPSA) is 63.4 Å². The Labute approximate surface area is 94.4 Å². The standard InChI is InChI=1S/C8H6Cl2FNO3/c9-5-1-4(11)2-6(10)8(5)7(13)3-12(14)15/h1-2,7,13H,3H2/t7-/m0/s1. The highest BCUT2D eigenvalue weighted by atomic mass is 35.5. The van der Waals surface area contributed by atoms with Crippen LogP contribution in [0.3, 0.4) is 0 Å². The van der Waals surface area contributed by atoms with Crippen molar-refractivity contribution in [3.63, 3.8) is 0 Å². The molecule has 0 amide bonds. The van der Waals surface area contributed by atoms with Gasteiger partial charge in [-0.3, -0.25) is 10.1 Å². The van der Waals surface area contributed by atoms with Crippen molar-refractivity contribution in [2.75, 3.05) is 6.54 Å². The molecule has 0 aliphatic heterocycles. The molecule has 1 N–H and O–H groups in total. The molecule has 0 radical (unpaired) electrons. The Morgan fingerprint density at radius 1 is 1.47 bits per heavy atom. The van der Waals surface area contributed by atoms with Crippen molar-refractivity contribution in [1.82, 2.24) is 0 Å². The summed E-state index contributed by atoms with van der Waals surface area (Å²) in [5, 5.41) is 19.3. The van der Waals surface area contributed by atoms with Gasteiger partial charge in [0.2, 0.25) is 6.54 Å². The van der Waals surface area contributed by atoms with Gasteiger partial charge in [-0.25, -0.2) is 4.39 Å². The third-order valence-electron chi connectivity index (χ3n) is 1.70. The fourth-order valence-corrected chi connectivity index (χ4v) is 1.82. The third-order valence-corrected chi connectivity index (χ3v) is 2.32. The molecular weight excluding hydrogens is 248 g/mol. The zero-order valence-corrected chi connectivity index (χ0v) is 8.80. The fourth-order valence-electron chi connectivity index (χ4n) is 1.10. The summed E-state index contributed by atoms with van der Waals surface area (Å²) in [4.78, 5) is 9.45. The first kappa shape index (κ1) is 12.2. The van der Waals surface area contributed by atoms with E-state index in [1.807, 2.05) is 0 Å². The lowest BCUT2D eigenvalue weighted by atomic mass is 10.1. The van der Waals surface area contributed by atoms with Gasteiger partial charge in [-0.15, -0.1) is 0 Å². The van der Waals surface area contributed by atoms with Gasteiger partial charge in [0.1, 0.15) is 11.9 Å². The van der Waals surface area contributed by atoms with Crippen molar-refractivity contribution < 1.29 is 14.4 Å². The van der Waals surface area contributed by atoms with E-state index in [0.717, 1.165) is 12.1 Å². The summed E-state index contributed by atoms with van der Waals surface area (Å²) >= 11 is 11.2. The molecule has 0 unspecified atom stereocenters. The Morgan fingerprint density at radius 3 is 2.33 bits per heavy atom. The van der Waals surface area contributed by atoms with Gasteiger partial charge in [0, 0.05) is 10.5 Å². The molecule has 0 bridgehead atoms. The molecule has 0 fully saturated rings. The average Bonchev–Trinajstić information content (AvgIpc) is 1.99. The molecule has 1 aromatic carbocycles. The number of aliphatic hydroxyl groups is 1. The summed E-state index contributed by atoms with van der Waals surface area (Å²) in [6, 6.07) is 1.87. The highest BCUT2D eigenvalue weighted by Gasteiger charge is 2.21. The van der Waals surface area contributed by atoms with E-state index in [1.54, 1.807) is 0 Å². The average molecular weight is 254 g/mol. The first-order chi connectivity index (χ1) is 6.91. The maximum atomic E-state index is 12.7.